The molecule has 10 aromatic rings. The molecule has 4 heteroatoms. The largest absolute Gasteiger partial charge is 0.320 e. The molecule has 0 fully saturated rings. The van der Waals surface area contributed by atoms with Gasteiger partial charge in [-0.25, -0.2) is 4.85 Å². The van der Waals surface area contributed by atoms with E-state index in [1.807, 2.05) is 66.7 Å². The molecule has 0 unspecified atom stereocenters. The number of rotatable bonds is 6. The quantitative estimate of drug-likeness (QED) is 0.157. The third-order valence-corrected chi connectivity index (χ3v) is 13.0. The zero-order valence-corrected chi connectivity index (χ0v) is 34.1. The highest BCUT2D eigenvalue weighted by Crippen LogP contribution is 2.65. The van der Waals surface area contributed by atoms with E-state index in [0.717, 1.165) is 55.7 Å². The SMILES string of the molecule is [C-]#[N+]c1ccccc1N(c1ccccc1)c1cc2c(c3ccccc13)-c1cc3ccc(N(c4ccccc4)c4ccccc4C#N)cc3cc1C21c2ccccc2-c2ccccc21. The lowest BCUT2D eigenvalue weighted by atomic mass is 9.70. The monoisotopic (exact) mass is 800 g/mol. The average Bonchev–Trinajstić information content (AvgIpc) is 3.81. The molecule has 1 spiro atoms. The maximum Gasteiger partial charge on any atom is 0.210 e. The van der Waals surface area contributed by atoms with Crippen LogP contribution in [-0.4, -0.2) is 0 Å². The van der Waals surface area contributed by atoms with Crippen molar-refractivity contribution in [3.05, 3.63) is 258 Å². The maximum atomic E-state index is 10.3. The minimum atomic E-state index is -0.658. The van der Waals surface area contributed by atoms with Crippen molar-refractivity contribution in [2.45, 2.75) is 5.41 Å². The number of anilines is 6. The van der Waals surface area contributed by atoms with Crippen LogP contribution in [0.1, 0.15) is 27.8 Å². The van der Waals surface area contributed by atoms with Crippen molar-refractivity contribution in [1.29, 1.82) is 5.26 Å². The molecule has 2 aliphatic rings. The molecule has 0 N–H and O–H groups in total. The second-order valence-corrected chi connectivity index (χ2v) is 16.2. The topological polar surface area (TPSA) is 34.6 Å². The highest BCUT2D eigenvalue weighted by atomic mass is 15.2. The van der Waals surface area contributed by atoms with E-state index in [0.29, 0.717) is 11.3 Å². The van der Waals surface area contributed by atoms with Crippen LogP contribution in [-0.2, 0) is 5.41 Å². The average molecular weight is 801 g/mol. The van der Waals surface area contributed by atoms with E-state index < -0.39 is 5.41 Å². The van der Waals surface area contributed by atoms with Gasteiger partial charge in [-0.2, -0.15) is 5.26 Å². The number of nitrogens with zero attached hydrogens (tertiary/aromatic N) is 4. The Morgan fingerprint density at radius 3 is 1.70 bits per heavy atom. The smallest absolute Gasteiger partial charge is 0.210 e. The predicted molar refractivity (Wildman–Crippen MR) is 258 cm³/mol. The van der Waals surface area contributed by atoms with E-state index in [4.69, 9.17) is 6.57 Å². The second kappa shape index (κ2) is 14.2. The number of nitriles is 1. The number of benzene rings is 10. The number of fused-ring (bicyclic) bond motifs is 13. The molecule has 12 rings (SSSR count). The van der Waals surface area contributed by atoms with Gasteiger partial charge in [0.05, 0.1) is 34.6 Å². The second-order valence-electron chi connectivity index (χ2n) is 16.2. The van der Waals surface area contributed by atoms with Crippen LogP contribution in [0.2, 0.25) is 0 Å². The first-order valence-electron chi connectivity index (χ1n) is 21.2. The van der Waals surface area contributed by atoms with Gasteiger partial charge in [-0.3, -0.25) is 0 Å². The molecule has 0 radical (unpaired) electrons. The highest BCUT2D eigenvalue weighted by molar-refractivity contribution is 6.14. The summed E-state index contributed by atoms with van der Waals surface area (Å²) >= 11 is 0. The molecule has 0 saturated carbocycles. The van der Waals surface area contributed by atoms with Gasteiger partial charge in [0.15, 0.2) is 0 Å². The summed E-state index contributed by atoms with van der Waals surface area (Å²) in [5.74, 6) is 0. The van der Waals surface area contributed by atoms with Crippen LogP contribution in [0, 0.1) is 17.9 Å². The van der Waals surface area contributed by atoms with E-state index in [-0.39, 0.29) is 0 Å². The van der Waals surface area contributed by atoms with Crippen LogP contribution < -0.4 is 9.80 Å². The summed E-state index contributed by atoms with van der Waals surface area (Å²) in [5, 5.41) is 14.8. The van der Waals surface area contributed by atoms with Crippen molar-refractivity contribution in [1.82, 2.24) is 0 Å². The van der Waals surface area contributed by atoms with Crippen LogP contribution in [0.4, 0.5) is 39.8 Å². The lowest BCUT2D eigenvalue weighted by Gasteiger charge is -2.33. The van der Waals surface area contributed by atoms with Gasteiger partial charge in [-0.15, -0.1) is 0 Å². The third-order valence-electron chi connectivity index (χ3n) is 13.0. The highest BCUT2D eigenvalue weighted by Gasteiger charge is 2.52. The molecule has 0 bridgehead atoms. The molecule has 0 atom stereocenters. The van der Waals surface area contributed by atoms with Crippen molar-refractivity contribution in [3.8, 4) is 28.3 Å². The minimum Gasteiger partial charge on any atom is -0.320 e. The first-order chi connectivity index (χ1) is 31.2. The molecule has 63 heavy (non-hydrogen) atoms. The molecule has 0 aromatic heterocycles. The Labute approximate surface area is 366 Å². The molecule has 0 amide bonds. The zero-order chi connectivity index (χ0) is 42.1. The number of para-hydroxylation sites is 5. The summed E-state index contributed by atoms with van der Waals surface area (Å²) in [6.07, 6.45) is 0. The lowest BCUT2D eigenvalue weighted by molar-refractivity contribution is 0.795. The number of hydrogen-bond donors (Lipinski definition) is 0. The first kappa shape index (κ1) is 36.2. The van der Waals surface area contributed by atoms with Gasteiger partial charge >= 0.3 is 0 Å². The first-order valence-corrected chi connectivity index (χ1v) is 21.2. The van der Waals surface area contributed by atoms with Crippen molar-refractivity contribution < 1.29 is 0 Å². The Bertz CT molecular complexity index is 3510. The van der Waals surface area contributed by atoms with E-state index in [9.17, 15) is 5.26 Å². The van der Waals surface area contributed by atoms with Gasteiger partial charge in [0.1, 0.15) is 6.07 Å². The normalized spacial score (nSPS) is 12.5. The maximum absolute atomic E-state index is 10.3. The molecular weight excluding hydrogens is 765 g/mol. The van der Waals surface area contributed by atoms with Gasteiger partial charge < -0.3 is 9.80 Å². The van der Waals surface area contributed by atoms with E-state index >= 15 is 0 Å². The van der Waals surface area contributed by atoms with Crippen molar-refractivity contribution in [2.24, 2.45) is 0 Å². The molecule has 0 saturated heterocycles. The molecule has 10 aromatic carbocycles. The number of hydrogen-bond acceptors (Lipinski definition) is 3. The molecule has 4 nitrogen and oxygen atoms in total. The Kier molecular flexibility index (Phi) is 8.16. The third kappa shape index (κ3) is 5.26. The predicted octanol–water partition coefficient (Wildman–Crippen LogP) is 15.7. The van der Waals surface area contributed by atoms with Crippen LogP contribution in [0.25, 0.3) is 48.6 Å². The van der Waals surface area contributed by atoms with Gasteiger partial charge in [0.2, 0.25) is 5.69 Å². The van der Waals surface area contributed by atoms with E-state index in [1.165, 1.54) is 44.5 Å². The van der Waals surface area contributed by atoms with E-state index in [1.54, 1.807) is 0 Å². The summed E-state index contributed by atoms with van der Waals surface area (Å²) in [5.41, 5.74) is 16.0. The Hall–Kier alpha value is -8.70. The fourth-order valence-electron chi connectivity index (χ4n) is 10.5. The lowest BCUT2D eigenvalue weighted by Crippen LogP contribution is -2.26. The molecule has 0 aliphatic heterocycles. The van der Waals surface area contributed by atoms with Gasteiger partial charge in [0.25, 0.3) is 0 Å². The van der Waals surface area contributed by atoms with Crippen LogP contribution in [0.3, 0.4) is 0 Å². The summed E-state index contributed by atoms with van der Waals surface area (Å²) < 4.78 is 0. The van der Waals surface area contributed by atoms with Crippen molar-refractivity contribution >= 4 is 61.4 Å². The summed E-state index contributed by atoms with van der Waals surface area (Å²) in [6, 6.07) is 79.5. The molecule has 292 valence electrons. The molecule has 2 aliphatic carbocycles. The Morgan fingerprint density at radius 1 is 0.413 bits per heavy atom. The molecule has 0 heterocycles. The van der Waals surface area contributed by atoms with E-state index in [2.05, 4.69) is 172 Å². The van der Waals surface area contributed by atoms with Gasteiger partial charge in [0, 0.05) is 22.4 Å². The Balaban J connectivity index is 1.19. The minimum absolute atomic E-state index is 0.587. The summed E-state index contributed by atoms with van der Waals surface area (Å²) in [4.78, 5) is 8.51. The van der Waals surface area contributed by atoms with Crippen LogP contribution >= 0.6 is 0 Å². The summed E-state index contributed by atoms with van der Waals surface area (Å²) in [6.45, 7) is 8.28. The van der Waals surface area contributed by atoms with Gasteiger partial charge in [-0.05, 0) is 133 Å². The van der Waals surface area contributed by atoms with Crippen LogP contribution in [0.15, 0.2) is 218 Å². The van der Waals surface area contributed by atoms with Crippen molar-refractivity contribution in [2.75, 3.05) is 9.80 Å². The van der Waals surface area contributed by atoms with Gasteiger partial charge in [-0.1, -0.05) is 146 Å². The summed E-state index contributed by atoms with van der Waals surface area (Å²) in [7, 11) is 0. The zero-order valence-electron chi connectivity index (χ0n) is 34.1. The molecular formula is C59H36N4. The Morgan fingerprint density at radius 2 is 1.00 bits per heavy atom. The van der Waals surface area contributed by atoms with Crippen LogP contribution in [0.5, 0.6) is 0 Å². The fraction of sp³-hybridized carbons (Fsp3) is 0.0169. The van der Waals surface area contributed by atoms with Crippen molar-refractivity contribution in [3.63, 3.8) is 0 Å². The standard InChI is InChI=1S/C59H36N4/c1-61-54-29-15-17-31-56(54)63(43-21-6-3-7-22-43)57-37-53-58(48-26-10-9-25-47(48)57)49-35-39-32-33-44(62(42-19-4-2-5-20-42)55-30-16-8-18-40(55)38-60)34-41(39)36-52(49)59(53)50-27-13-11-23-45(50)46-24-12-14-28-51(46)59/h2-37H. The fourth-order valence-corrected chi connectivity index (χ4v) is 10.5.